The fourth-order valence-corrected chi connectivity index (χ4v) is 2.43. The Morgan fingerprint density at radius 3 is 2.68 bits per heavy atom. The van der Waals surface area contributed by atoms with Gasteiger partial charge in [-0.15, -0.1) is 0 Å². The van der Waals surface area contributed by atoms with Crippen molar-refractivity contribution in [2.24, 2.45) is 0 Å². The van der Waals surface area contributed by atoms with Gasteiger partial charge in [0.25, 0.3) is 5.91 Å². The molecule has 2 amide bonds. The Morgan fingerprint density at radius 2 is 2.00 bits per heavy atom. The predicted octanol–water partition coefficient (Wildman–Crippen LogP) is 2.13. The van der Waals surface area contributed by atoms with Crippen molar-refractivity contribution >= 4 is 23.4 Å². The lowest BCUT2D eigenvalue weighted by Gasteiger charge is -2.12. The fraction of sp³-hybridized carbons (Fsp3) is 0.429. The van der Waals surface area contributed by atoms with E-state index in [0.29, 0.717) is 10.6 Å². The Labute approximate surface area is 117 Å². The summed E-state index contributed by atoms with van der Waals surface area (Å²) in [5, 5.41) is 6.01. The molecule has 1 aromatic rings. The molecule has 0 aliphatic heterocycles. The van der Waals surface area contributed by atoms with Crippen molar-refractivity contribution in [3.05, 3.63) is 34.9 Å². The van der Waals surface area contributed by atoms with Gasteiger partial charge in [-0.05, 0) is 31.0 Å². The SMILES string of the molecule is O=C(CNC(=O)c1cccc(Cl)c1)NC1CCCC1. The maximum absolute atomic E-state index is 11.8. The van der Waals surface area contributed by atoms with Gasteiger partial charge in [0.05, 0.1) is 6.54 Å². The van der Waals surface area contributed by atoms with E-state index < -0.39 is 0 Å². The fourth-order valence-electron chi connectivity index (χ4n) is 2.24. The van der Waals surface area contributed by atoms with E-state index in [-0.39, 0.29) is 24.4 Å². The van der Waals surface area contributed by atoms with E-state index in [0.717, 1.165) is 12.8 Å². The number of nitrogens with one attached hydrogen (secondary N) is 2. The third kappa shape index (κ3) is 4.24. The zero-order valence-corrected chi connectivity index (χ0v) is 11.4. The van der Waals surface area contributed by atoms with Crippen molar-refractivity contribution in [1.29, 1.82) is 0 Å². The van der Waals surface area contributed by atoms with Crippen LogP contribution in [0.15, 0.2) is 24.3 Å². The molecule has 2 rings (SSSR count). The largest absolute Gasteiger partial charge is 0.352 e. The zero-order chi connectivity index (χ0) is 13.7. The highest BCUT2D eigenvalue weighted by atomic mass is 35.5. The summed E-state index contributed by atoms with van der Waals surface area (Å²) in [6.07, 6.45) is 4.40. The summed E-state index contributed by atoms with van der Waals surface area (Å²) < 4.78 is 0. The van der Waals surface area contributed by atoms with E-state index >= 15 is 0 Å². The van der Waals surface area contributed by atoms with Crippen LogP contribution in [-0.2, 0) is 4.79 Å². The highest BCUT2D eigenvalue weighted by molar-refractivity contribution is 6.30. The molecule has 5 heteroatoms. The molecule has 0 bridgehead atoms. The van der Waals surface area contributed by atoms with Crippen LogP contribution in [0.4, 0.5) is 0 Å². The van der Waals surface area contributed by atoms with Crippen LogP contribution in [0.3, 0.4) is 0 Å². The second-order valence-electron chi connectivity index (χ2n) is 4.74. The maximum atomic E-state index is 11.8. The minimum absolute atomic E-state index is 0.00183. The van der Waals surface area contributed by atoms with Gasteiger partial charge in [0.2, 0.25) is 5.91 Å². The molecule has 19 heavy (non-hydrogen) atoms. The van der Waals surface area contributed by atoms with E-state index in [9.17, 15) is 9.59 Å². The Bertz CT molecular complexity index is 470. The summed E-state index contributed by atoms with van der Waals surface area (Å²) in [7, 11) is 0. The summed E-state index contributed by atoms with van der Waals surface area (Å²) in [6, 6.07) is 6.92. The summed E-state index contributed by atoms with van der Waals surface area (Å²) in [5.74, 6) is -0.425. The number of hydrogen-bond donors (Lipinski definition) is 2. The lowest BCUT2D eigenvalue weighted by Crippen LogP contribution is -2.40. The van der Waals surface area contributed by atoms with E-state index in [2.05, 4.69) is 10.6 Å². The van der Waals surface area contributed by atoms with E-state index in [1.165, 1.54) is 12.8 Å². The van der Waals surface area contributed by atoms with Crippen LogP contribution in [0, 0.1) is 0 Å². The molecule has 0 radical (unpaired) electrons. The molecule has 1 aliphatic carbocycles. The number of carbonyl (C=O) groups is 2. The van der Waals surface area contributed by atoms with Crippen molar-refractivity contribution in [1.82, 2.24) is 10.6 Å². The molecule has 102 valence electrons. The van der Waals surface area contributed by atoms with E-state index in [1.54, 1.807) is 24.3 Å². The maximum Gasteiger partial charge on any atom is 0.251 e. The first-order valence-electron chi connectivity index (χ1n) is 6.48. The van der Waals surface area contributed by atoms with Gasteiger partial charge in [0.1, 0.15) is 0 Å². The molecule has 0 spiro atoms. The molecule has 0 unspecified atom stereocenters. The molecular formula is C14H17ClN2O2. The zero-order valence-electron chi connectivity index (χ0n) is 10.6. The smallest absolute Gasteiger partial charge is 0.251 e. The first-order chi connectivity index (χ1) is 9.15. The van der Waals surface area contributed by atoms with Crippen molar-refractivity contribution in [2.45, 2.75) is 31.7 Å². The normalized spacial score (nSPS) is 15.2. The molecule has 1 saturated carbocycles. The van der Waals surface area contributed by atoms with Gasteiger partial charge < -0.3 is 10.6 Å². The van der Waals surface area contributed by atoms with Crippen molar-refractivity contribution in [3.8, 4) is 0 Å². The summed E-state index contributed by atoms with van der Waals surface area (Å²) >= 11 is 5.81. The molecule has 0 aromatic heterocycles. The third-order valence-corrected chi connectivity index (χ3v) is 3.45. The lowest BCUT2D eigenvalue weighted by molar-refractivity contribution is -0.120. The highest BCUT2D eigenvalue weighted by Crippen LogP contribution is 2.17. The van der Waals surface area contributed by atoms with Crippen LogP contribution >= 0.6 is 11.6 Å². The number of amides is 2. The minimum atomic E-state index is -0.288. The van der Waals surface area contributed by atoms with Crippen molar-refractivity contribution < 1.29 is 9.59 Å². The number of hydrogen-bond acceptors (Lipinski definition) is 2. The van der Waals surface area contributed by atoms with Crippen LogP contribution in [0.2, 0.25) is 5.02 Å². The lowest BCUT2D eigenvalue weighted by atomic mass is 10.2. The minimum Gasteiger partial charge on any atom is -0.352 e. The Morgan fingerprint density at radius 1 is 1.26 bits per heavy atom. The number of benzene rings is 1. The Balaban J connectivity index is 1.78. The Hall–Kier alpha value is -1.55. The third-order valence-electron chi connectivity index (χ3n) is 3.22. The van der Waals surface area contributed by atoms with Crippen LogP contribution in [0.1, 0.15) is 36.0 Å². The molecule has 0 atom stereocenters. The second kappa shape index (κ2) is 6.57. The van der Waals surface area contributed by atoms with Gasteiger partial charge in [0, 0.05) is 16.6 Å². The van der Waals surface area contributed by atoms with Crippen molar-refractivity contribution in [3.63, 3.8) is 0 Å². The molecule has 2 N–H and O–H groups in total. The van der Waals surface area contributed by atoms with Crippen molar-refractivity contribution in [2.75, 3.05) is 6.54 Å². The number of halogens is 1. The molecule has 1 aromatic carbocycles. The van der Waals surface area contributed by atoms with Crippen LogP contribution < -0.4 is 10.6 Å². The van der Waals surface area contributed by atoms with E-state index in [4.69, 9.17) is 11.6 Å². The van der Waals surface area contributed by atoms with E-state index in [1.807, 2.05) is 0 Å². The number of carbonyl (C=O) groups excluding carboxylic acids is 2. The molecule has 4 nitrogen and oxygen atoms in total. The molecule has 0 saturated heterocycles. The standard InChI is InChI=1S/C14H17ClN2O2/c15-11-5-3-4-10(8-11)14(19)16-9-13(18)17-12-6-1-2-7-12/h3-5,8,12H,1-2,6-7,9H2,(H,16,19)(H,17,18). The summed E-state index contributed by atoms with van der Waals surface area (Å²) in [5.41, 5.74) is 0.459. The van der Waals surface area contributed by atoms with Gasteiger partial charge in [-0.25, -0.2) is 0 Å². The Kier molecular flexibility index (Phi) is 4.80. The molecule has 0 heterocycles. The van der Waals surface area contributed by atoms with Crippen LogP contribution in [-0.4, -0.2) is 24.4 Å². The average molecular weight is 281 g/mol. The highest BCUT2D eigenvalue weighted by Gasteiger charge is 2.17. The van der Waals surface area contributed by atoms with Gasteiger partial charge in [0.15, 0.2) is 0 Å². The van der Waals surface area contributed by atoms with Gasteiger partial charge in [-0.3, -0.25) is 9.59 Å². The van der Waals surface area contributed by atoms with Gasteiger partial charge >= 0.3 is 0 Å². The van der Waals surface area contributed by atoms with Crippen LogP contribution in [0.5, 0.6) is 0 Å². The van der Waals surface area contributed by atoms with Gasteiger partial charge in [-0.1, -0.05) is 30.5 Å². The van der Waals surface area contributed by atoms with Gasteiger partial charge in [-0.2, -0.15) is 0 Å². The molecule has 1 fully saturated rings. The second-order valence-corrected chi connectivity index (χ2v) is 5.18. The monoisotopic (exact) mass is 280 g/mol. The summed E-state index contributed by atoms with van der Waals surface area (Å²) in [4.78, 5) is 23.4. The number of rotatable bonds is 4. The quantitative estimate of drug-likeness (QED) is 0.888. The average Bonchev–Trinajstić information content (AvgIpc) is 2.88. The first-order valence-corrected chi connectivity index (χ1v) is 6.86. The summed E-state index contributed by atoms with van der Waals surface area (Å²) in [6.45, 7) is 0.00183. The molecule has 1 aliphatic rings. The predicted molar refractivity (Wildman–Crippen MR) is 74.2 cm³/mol. The molecular weight excluding hydrogens is 264 g/mol. The topological polar surface area (TPSA) is 58.2 Å². The first kappa shape index (κ1) is 13.9. The van der Waals surface area contributed by atoms with Crippen LogP contribution in [0.25, 0.3) is 0 Å².